The molecule has 3 saturated heterocycles. The monoisotopic (exact) mass is 298 g/mol. The molecule has 2 amide bonds. The average Bonchev–Trinajstić information content (AvgIpc) is 2.85. The van der Waals surface area contributed by atoms with E-state index in [-0.39, 0.29) is 12.1 Å². The fraction of sp³-hybridized carbons (Fsp3) is 0.471. The number of aromatic nitrogens is 1. The number of aryl methyl sites for hydroxylation is 1. The molecule has 3 fully saturated rings. The summed E-state index contributed by atoms with van der Waals surface area (Å²) in [6.45, 7) is 3.37. The van der Waals surface area contributed by atoms with E-state index in [1.165, 1.54) is 25.9 Å². The minimum atomic E-state index is -0.0879. The summed E-state index contributed by atoms with van der Waals surface area (Å²) < 4.78 is 2.04. The van der Waals surface area contributed by atoms with E-state index in [1.807, 2.05) is 36.0 Å². The molecule has 2 aromatic rings. The van der Waals surface area contributed by atoms with Crippen molar-refractivity contribution in [2.45, 2.75) is 18.9 Å². The van der Waals surface area contributed by atoms with Crippen LogP contribution in [0.25, 0.3) is 10.9 Å². The maximum absolute atomic E-state index is 12.4. The van der Waals surface area contributed by atoms with E-state index in [2.05, 4.69) is 21.6 Å². The first-order valence-electron chi connectivity index (χ1n) is 8.04. The number of para-hydroxylation sites is 1. The number of benzene rings is 1. The second-order valence-electron chi connectivity index (χ2n) is 6.51. The van der Waals surface area contributed by atoms with Crippen LogP contribution in [0.1, 0.15) is 12.8 Å². The number of carbonyl (C=O) groups is 1. The number of hydrogen-bond acceptors (Lipinski definition) is 2. The molecule has 22 heavy (non-hydrogen) atoms. The summed E-state index contributed by atoms with van der Waals surface area (Å²) in [5.74, 6) is 0.642. The Morgan fingerprint density at radius 1 is 1.23 bits per heavy atom. The molecule has 1 unspecified atom stereocenters. The van der Waals surface area contributed by atoms with E-state index in [0.717, 1.165) is 23.1 Å². The van der Waals surface area contributed by atoms with E-state index in [4.69, 9.17) is 0 Å². The van der Waals surface area contributed by atoms with E-state index in [9.17, 15) is 4.79 Å². The molecular formula is C17H22N4O. The van der Waals surface area contributed by atoms with Crippen molar-refractivity contribution in [3.05, 3.63) is 30.5 Å². The zero-order valence-electron chi connectivity index (χ0n) is 12.9. The number of rotatable bonds is 2. The smallest absolute Gasteiger partial charge is 0.319 e. The number of urea groups is 1. The Morgan fingerprint density at radius 2 is 2.00 bits per heavy atom. The summed E-state index contributed by atoms with van der Waals surface area (Å²) in [5, 5.41) is 7.27. The molecule has 5 nitrogen and oxygen atoms in total. The Bertz CT molecular complexity index is 700. The summed E-state index contributed by atoms with van der Waals surface area (Å²) in [4.78, 5) is 14.8. The number of nitrogens with one attached hydrogen (secondary N) is 2. The molecule has 4 heterocycles. The lowest BCUT2D eigenvalue weighted by molar-refractivity contribution is 0.0777. The van der Waals surface area contributed by atoms with Gasteiger partial charge in [-0.05, 0) is 37.9 Å². The molecule has 2 N–H and O–H groups in total. The zero-order chi connectivity index (χ0) is 15.1. The Hall–Kier alpha value is -2.01. The van der Waals surface area contributed by atoms with Crippen LogP contribution in [0.5, 0.6) is 0 Å². The molecule has 3 aliphatic heterocycles. The number of carbonyl (C=O) groups excluding carboxylic acids is 1. The summed E-state index contributed by atoms with van der Waals surface area (Å²) in [6.07, 6.45) is 4.39. The molecule has 5 heteroatoms. The second kappa shape index (κ2) is 5.32. The lowest BCUT2D eigenvalue weighted by Crippen LogP contribution is -2.57. The van der Waals surface area contributed by atoms with Gasteiger partial charge in [0.2, 0.25) is 0 Å². The number of nitrogens with zero attached hydrogens (tertiary/aromatic N) is 2. The van der Waals surface area contributed by atoms with E-state index < -0.39 is 0 Å². The summed E-state index contributed by atoms with van der Waals surface area (Å²) in [6, 6.07) is 8.32. The number of anilines is 1. The Morgan fingerprint density at radius 3 is 2.73 bits per heavy atom. The minimum Gasteiger partial charge on any atom is -0.348 e. The molecular weight excluding hydrogens is 276 g/mol. The Balaban J connectivity index is 1.47. The maximum atomic E-state index is 12.4. The molecule has 0 radical (unpaired) electrons. The van der Waals surface area contributed by atoms with Crippen LogP contribution in [0.2, 0.25) is 0 Å². The van der Waals surface area contributed by atoms with Crippen LogP contribution in [0.15, 0.2) is 30.5 Å². The van der Waals surface area contributed by atoms with E-state index in [1.54, 1.807) is 0 Å². The van der Waals surface area contributed by atoms with Gasteiger partial charge >= 0.3 is 6.03 Å². The van der Waals surface area contributed by atoms with Gasteiger partial charge in [-0.25, -0.2) is 4.79 Å². The van der Waals surface area contributed by atoms with Gasteiger partial charge in [0.1, 0.15) is 0 Å². The van der Waals surface area contributed by atoms with Gasteiger partial charge in [-0.15, -0.1) is 0 Å². The molecule has 0 aliphatic carbocycles. The van der Waals surface area contributed by atoms with Crippen molar-refractivity contribution < 1.29 is 4.79 Å². The topological polar surface area (TPSA) is 49.3 Å². The minimum absolute atomic E-state index is 0.0879. The van der Waals surface area contributed by atoms with Crippen LogP contribution in [0, 0.1) is 5.92 Å². The van der Waals surface area contributed by atoms with Gasteiger partial charge in [0, 0.05) is 36.7 Å². The first-order valence-corrected chi connectivity index (χ1v) is 8.04. The summed E-state index contributed by atoms with van der Waals surface area (Å²) in [5.41, 5.74) is 2.00. The van der Waals surface area contributed by atoms with Gasteiger partial charge < -0.3 is 20.1 Å². The third kappa shape index (κ3) is 2.35. The van der Waals surface area contributed by atoms with Crippen molar-refractivity contribution in [3.8, 4) is 0 Å². The highest BCUT2D eigenvalue weighted by Gasteiger charge is 2.34. The molecule has 2 bridgehead atoms. The zero-order valence-corrected chi connectivity index (χ0v) is 12.9. The molecule has 1 aromatic carbocycles. The third-order valence-corrected chi connectivity index (χ3v) is 5.12. The van der Waals surface area contributed by atoms with Crippen LogP contribution < -0.4 is 10.6 Å². The normalized spacial score (nSPS) is 27.0. The van der Waals surface area contributed by atoms with Crippen molar-refractivity contribution in [1.82, 2.24) is 14.8 Å². The number of amides is 2. The largest absolute Gasteiger partial charge is 0.348 e. The van der Waals surface area contributed by atoms with Crippen molar-refractivity contribution in [3.63, 3.8) is 0 Å². The van der Waals surface area contributed by atoms with Gasteiger partial charge in [-0.2, -0.15) is 0 Å². The van der Waals surface area contributed by atoms with Gasteiger partial charge in [-0.1, -0.05) is 18.2 Å². The van der Waals surface area contributed by atoms with Gasteiger partial charge in [0.05, 0.1) is 5.69 Å². The van der Waals surface area contributed by atoms with Crippen LogP contribution in [0.3, 0.4) is 0 Å². The lowest BCUT2D eigenvalue weighted by atomic mass is 9.84. The molecule has 0 spiro atoms. The fourth-order valence-electron chi connectivity index (χ4n) is 3.90. The van der Waals surface area contributed by atoms with Crippen molar-refractivity contribution in [2.24, 2.45) is 13.0 Å². The summed E-state index contributed by atoms with van der Waals surface area (Å²) >= 11 is 0. The van der Waals surface area contributed by atoms with Crippen molar-refractivity contribution >= 4 is 22.6 Å². The highest BCUT2D eigenvalue weighted by molar-refractivity contribution is 6.01. The predicted octanol–water partition coefficient (Wildman–Crippen LogP) is 2.39. The highest BCUT2D eigenvalue weighted by Crippen LogP contribution is 2.28. The lowest BCUT2D eigenvalue weighted by Gasteiger charge is -2.44. The molecule has 0 saturated carbocycles. The van der Waals surface area contributed by atoms with Crippen LogP contribution in [-0.4, -0.2) is 41.2 Å². The number of fused-ring (bicyclic) bond motifs is 4. The third-order valence-electron chi connectivity index (χ3n) is 5.12. The standard InChI is InChI=1S/C17H22N4O/c1-20-10-15(13-4-2-3-5-16(13)20)19-17(22)18-14-11-21-8-6-12(14)7-9-21/h2-5,10,12,14H,6-9,11H2,1H3,(H2,18,19,22). The van der Waals surface area contributed by atoms with Gasteiger partial charge in [-0.3, -0.25) is 0 Å². The Kier molecular flexibility index (Phi) is 3.30. The molecule has 1 atom stereocenters. The Labute approximate surface area is 130 Å². The molecule has 1 aromatic heterocycles. The first-order chi connectivity index (χ1) is 10.7. The summed E-state index contributed by atoms with van der Waals surface area (Å²) in [7, 11) is 2.00. The first kappa shape index (κ1) is 13.6. The van der Waals surface area contributed by atoms with Crippen LogP contribution >= 0.6 is 0 Å². The number of hydrogen-bond donors (Lipinski definition) is 2. The maximum Gasteiger partial charge on any atom is 0.319 e. The quantitative estimate of drug-likeness (QED) is 0.894. The van der Waals surface area contributed by atoms with Crippen LogP contribution in [0.4, 0.5) is 10.5 Å². The molecule has 116 valence electrons. The molecule has 5 rings (SSSR count). The van der Waals surface area contributed by atoms with Crippen molar-refractivity contribution in [2.75, 3.05) is 25.0 Å². The number of piperidine rings is 3. The van der Waals surface area contributed by atoms with Crippen LogP contribution in [-0.2, 0) is 7.05 Å². The fourth-order valence-corrected chi connectivity index (χ4v) is 3.90. The van der Waals surface area contributed by atoms with Gasteiger partial charge in [0.25, 0.3) is 0 Å². The highest BCUT2D eigenvalue weighted by atomic mass is 16.2. The van der Waals surface area contributed by atoms with Crippen molar-refractivity contribution in [1.29, 1.82) is 0 Å². The predicted molar refractivity (Wildman–Crippen MR) is 88.0 cm³/mol. The van der Waals surface area contributed by atoms with E-state index in [0.29, 0.717) is 5.92 Å². The SMILES string of the molecule is Cn1cc(NC(=O)NC2CN3CCC2CC3)c2ccccc21. The van der Waals surface area contributed by atoms with Gasteiger partial charge in [0.15, 0.2) is 0 Å². The molecule has 3 aliphatic rings. The van der Waals surface area contributed by atoms with E-state index >= 15 is 0 Å². The average molecular weight is 298 g/mol. The second-order valence-corrected chi connectivity index (χ2v) is 6.51.